The molecule has 0 saturated heterocycles. The van der Waals surface area contributed by atoms with Crippen molar-refractivity contribution in [1.29, 1.82) is 0 Å². The molecule has 0 spiro atoms. The topological polar surface area (TPSA) is 60.4 Å². The van der Waals surface area contributed by atoms with Crippen molar-refractivity contribution >= 4 is 29.5 Å². The molecule has 0 aliphatic rings. The summed E-state index contributed by atoms with van der Waals surface area (Å²) in [7, 11) is -1.86. The second kappa shape index (κ2) is 18.9. The van der Waals surface area contributed by atoms with Crippen molar-refractivity contribution in [3.8, 4) is 0 Å². The normalized spacial score (nSPS) is 6.79. The minimum absolute atomic E-state index is 0. The van der Waals surface area contributed by atoms with Gasteiger partial charge in [-0.25, -0.2) is 0 Å². The summed E-state index contributed by atoms with van der Waals surface area (Å²) >= 11 is 0.750. The van der Waals surface area contributed by atoms with E-state index in [1.807, 2.05) is 0 Å². The van der Waals surface area contributed by atoms with E-state index < -0.39 is 14.3 Å². The number of aliphatic carboxylic acids is 1. The van der Waals surface area contributed by atoms with Crippen LogP contribution in [0.5, 0.6) is 0 Å². The van der Waals surface area contributed by atoms with Crippen LogP contribution in [-0.4, -0.2) is 34.6 Å². The van der Waals surface area contributed by atoms with E-state index >= 15 is 0 Å². The molecule has 0 fully saturated rings. The van der Waals surface area contributed by atoms with Crippen LogP contribution in [0.25, 0.3) is 0 Å². The van der Waals surface area contributed by atoms with Crippen LogP contribution in [0, 0.1) is 0 Å². The van der Waals surface area contributed by atoms with Gasteiger partial charge in [-0.05, 0) is 0 Å². The predicted octanol–water partition coefficient (Wildman–Crippen LogP) is 2.33. The van der Waals surface area contributed by atoms with Gasteiger partial charge in [0.05, 0.1) is 0 Å². The molecule has 0 aliphatic carbocycles. The fourth-order valence-corrected chi connectivity index (χ4v) is 0. The number of rotatable bonds is 0. The molecule has 0 heterocycles. The minimum atomic E-state index is -1.86. The van der Waals surface area contributed by atoms with Gasteiger partial charge in [-0.3, -0.25) is 4.79 Å². The van der Waals surface area contributed by atoms with Crippen molar-refractivity contribution < 1.29 is 14.7 Å². The quantitative estimate of drug-likeness (QED) is 0.659. The molecule has 5 heteroatoms. The number of carboxylic acid groups (broad SMARTS) is 1. The molecule has 0 atom stereocenters. The van der Waals surface area contributed by atoms with Gasteiger partial charge >= 0.3 is 26.8 Å². The predicted molar refractivity (Wildman–Crippen MR) is 67.6 cm³/mol. The van der Waals surface area contributed by atoms with E-state index in [2.05, 4.69) is 11.6 Å². The Kier molecular flexibility index (Phi) is 39.4. The molecule has 3 nitrogen and oxygen atoms in total. The van der Waals surface area contributed by atoms with Gasteiger partial charge in [-0.15, -0.1) is 0 Å². The summed E-state index contributed by atoms with van der Waals surface area (Å²) in [5.41, 5.74) is 0. The van der Waals surface area contributed by atoms with Crippen molar-refractivity contribution in [2.24, 2.45) is 0 Å². The molecule has 0 aromatic rings. The average Bonchev–Trinajstić information content (AvgIpc) is 1.56. The van der Waals surface area contributed by atoms with Crippen LogP contribution in [0.1, 0.15) is 21.8 Å². The Morgan fingerprint density at radius 3 is 1.21 bits per heavy atom. The number of hydrogen-bond acceptors (Lipinski definition) is 2. The van der Waals surface area contributed by atoms with Gasteiger partial charge in [0.15, 0.2) is 0 Å². The first-order chi connectivity index (χ1) is 5.15. The first-order valence-electron chi connectivity index (χ1n) is 3.79. The van der Waals surface area contributed by atoms with E-state index in [1.54, 1.807) is 19.6 Å². The molecule has 14 heavy (non-hydrogen) atoms. The molecule has 88 valence electrons. The molecule has 1 N–H and O–H groups in total. The van der Waals surface area contributed by atoms with Gasteiger partial charge in [0.25, 0.3) is 5.97 Å². The van der Waals surface area contributed by atoms with Crippen LogP contribution in [0.3, 0.4) is 0 Å². The van der Waals surface area contributed by atoms with Crippen LogP contribution in [-0.2, 0) is 4.79 Å². The number of carboxylic acids is 1. The Morgan fingerprint density at radius 2 is 1.21 bits per heavy atom. The average molecular weight is 238 g/mol. The Labute approximate surface area is 97.4 Å². The second-order valence-electron chi connectivity index (χ2n) is 3.21. The summed E-state index contributed by atoms with van der Waals surface area (Å²) in [6, 6.07) is 0. The molecule has 0 amide bonds. The molecule has 0 aromatic heterocycles. The van der Waals surface area contributed by atoms with E-state index in [-0.39, 0.29) is 14.9 Å². The van der Waals surface area contributed by atoms with Crippen molar-refractivity contribution in [3.63, 3.8) is 0 Å². The van der Waals surface area contributed by atoms with E-state index in [0.717, 1.165) is 22.1 Å². The summed E-state index contributed by atoms with van der Waals surface area (Å²) in [6.45, 7) is 6.40. The van der Waals surface area contributed by atoms with E-state index in [9.17, 15) is 4.80 Å². The van der Waals surface area contributed by atoms with Crippen molar-refractivity contribution in [2.75, 3.05) is 0 Å². The van der Waals surface area contributed by atoms with E-state index in [4.69, 9.17) is 9.90 Å². The molecular formula is C9H27AlO3Si. The third kappa shape index (κ3) is 47300. The first-order valence-corrected chi connectivity index (χ1v) is 9.50. The summed E-state index contributed by atoms with van der Waals surface area (Å²) < 4.78 is 0. The van der Waals surface area contributed by atoms with Gasteiger partial charge < -0.3 is 9.90 Å². The standard InChI is InChI=1S/C3H9OSi.C2H4O2.2CH4.2CH3.Al/c1-5(2,3)4;1-2(3)4;;;;;/h1-3H3;1H3,(H,3,4);2*1H4;2*1H3;/q-1;;;;;;+1. The Hall–Kier alpha value is 0.179. The summed E-state index contributed by atoms with van der Waals surface area (Å²) in [5.74, 6) is 3.58. The van der Waals surface area contributed by atoms with Gasteiger partial charge in [-0.1, -0.05) is 42.8 Å². The molecular weight excluding hydrogens is 211 g/mol. The third-order valence-corrected chi connectivity index (χ3v) is 0. The summed E-state index contributed by atoms with van der Waals surface area (Å²) in [5, 5.41) is 7.42. The SMILES string of the molecule is C.C.CC(=O)O.C[Si](C)(C)[O-].[CH3][Al+][CH3]. The number of hydrogen-bond donors (Lipinski definition) is 1. The van der Waals surface area contributed by atoms with Crippen LogP contribution in [0.4, 0.5) is 0 Å². The van der Waals surface area contributed by atoms with Crippen LogP contribution in [0.15, 0.2) is 0 Å². The monoisotopic (exact) mass is 238 g/mol. The zero-order chi connectivity index (χ0) is 10.8. The van der Waals surface area contributed by atoms with Crippen molar-refractivity contribution in [2.45, 2.75) is 53.0 Å². The van der Waals surface area contributed by atoms with Crippen molar-refractivity contribution in [1.82, 2.24) is 0 Å². The molecule has 0 rings (SSSR count). The first kappa shape index (κ1) is 29.2. The maximum atomic E-state index is 10.2. The molecule has 0 bridgehead atoms. The summed E-state index contributed by atoms with van der Waals surface area (Å²) in [6.07, 6.45) is 0. The van der Waals surface area contributed by atoms with E-state index in [0.29, 0.717) is 0 Å². The Morgan fingerprint density at radius 1 is 1.21 bits per heavy atom. The second-order valence-corrected chi connectivity index (χ2v) is 8.59. The van der Waals surface area contributed by atoms with Gasteiger partial charge in [0.2, 0.25) is 0 Å². The van der Waals surface area contributed by atoms with Gasteiger partial charge in [0, 0.05) is 6.92 Å². The van der Waals surface area contributed by atoms with Crippen LogP contribution >= 0.6 is 0 Å². The van der Waals surface area contributed by atoms with Gasteiger partial charge in [0.1, 0.15) is 0 Å². The van der Waals surface area contributed by atoms with Crippen molar-refractivity contribution in [3.05, 3.63) is 0 Å². The molecule has 0 radical (unpaired) electrons. The van der Waals surface area contributed by atoms with Gasteiger partial charge in [-0.2, -0.15) is 0 Å². The Bertz CT molecular complexity index is 92.7. The fourth-order valence-electron chi connectivity index (χ4n) is 0. The zero-order valence-corrected chi connectivity index (χ0v) is 11.0. The maximum absolute atomic E-state index is 10.2. The molecule has 0 unspecified atom stereocenters. The fraction of sp³-hybridized carbons (Fsp3) is 0.889. The van der Waals surface area contributed by atoms with E-state index in [1.165, 1.54) is 0 Å². The Balaban J connectivity index is -0.0000000278. The third-order valence-electron chi connectivity index (χ3n) is 0. The number of carbonyl (C=O) groups is 1. The molecule has 0 saturated carbocycles. The molecule has 0 aromatic carbocycles. The molecule has 0 aliphatic heterocycles. The zero-order valence-electron chi connectivity index (χ0n) is 8.84. The summed E-state index contributed by atoms with van der Waals surface area (Å²) in [4.78, 5) is 19.2. The van der Waals surface area contributed by atoms with Crippen LogP contribution in [0.2, 0.25) is 31.2 Å². The van der Waals surface area contributed by atoms with Crippen LogP contribution < -0.4 is 4.80 Å².